The molecule has 1 amide bonds. The van der Waals surface area contributed by atoms with Crippen LogP contribution in [0.2, 0.25) is 0 Å². The molecule has 2 aliphatic carbocycles. The molecule has 0 aromatic heterocycles. The zero-order valence-corrected chi connectivity index (χ0v) is 24.1. The van der Waals surface area contributed by atoms with Crippen LogP contribution in [0.1, 0.15) is 72.6 Å². The zero-order valence-electron chi connectivity index (χ0n) is 24.1. The number of aliphatic hydroxyl groups is 1. The minimum absolute atomic E-state index is 0.00790. The monoisotopic (exact) mass is 553 g/mol. The van der Waals surface area contributed by atoms with E-state index in [2.05, 4.69) is 24.4 Å². The molecular weight excluding hydrogens is 510 g/mol. The Labute approximate surface area is 237 Å². The van der Waals surface area contributed by atoms with E-state index in [-0.39, 0.29) is 42.9 Å². The molecule has 6 atom stereocenters. The van der Waals surface area contributed by atoms with Crippen LogP contribution in [0, 0.1) is 23.2 Å². The third kappa shape index (κ3) is 7.53. The Bertz CT molecular complexity index is 1130. The minimum atomic E-state index is -0.658. The number of aliphatic hydroxyl groups excluding tert-OH is 1. The predicted molar refractivity (Wildman–Crippen MR) is 151 cm³/mol. The van der Waals surface area contributed by atoms with Crippen molar-refractivity contribution >= 4 is 23.7 Å². The molecule has 2 N–H and O–H groups in total. The molecule has 1 fully saturated rings. The summed E-state index contributed by atoms with van der Waals surface area (Å²) in [6.07, 6.45) is 6.39. The van der Waals surface area contributed by atoms with Crippen molar-refractivity contribution in [3.05, 3.63) is 53.6 Å². The summed E-state index contributed by atoms with van der Waals surface area (Å²) in [5, 5.41) is 12.8. The first-order valence-electron chi connectivity index (χ1n) is 14.5. The highest BCUT2D eigenvalue weighted by Gasteiger charge is 2.43. The van der Waals surface area contributed by atoms with Crippen LogP contribution in [0.5, 0.6) is 0 Å². The first-order chi connectivity index (χ1) is 19.1. The molecule has 1 aromatic carbocycles. The fourth-order valence-corrected chi connectivity index (χ4v) is 5.93. The van der Waals surface area contributed by atoms with Crippen molar-refractivity contribution in [2.45, 2.75) is 91.0 Å². The first-order valence-corrected chi connectivity index (χ1v) is 14.5. The summed E-state index contributed by atoms with van der Waals surface area (Å²) < 4.78 is 17.3. The Kier molecular flexibility index (Phi) is 9.72. The van der Waals surface area contributed by atoms with Crippen molar-refractivity contribution in [3.8, 4) is 0 Å². The van der Waals surface area contributed by atoms with Crippen LogP contribution in [0.4, 0.5) is 10.5 Å². The average molecular weight is 554 g/mol. The van der Waals surface area contributed by atoms with Crippen molar-refractivity contribution in [2.75, 3.05) is 11.9 Å². The van der Waals surface area contributed by atoms with Crippen LogP contribution in [0.15, 0.2) is 53.6 Å². The van der Waals surface area contributed by atoms with Crippen LogP contribution < -0.4 is 5.32 Å². The fourth-order valence-electron chi connectivity index (χ4n) is 5.93. The zero-order chi connectivity index (χ0) is 28.9. The number of amides is 1. The number of esters is 2. The summed E-state index contributed by atoms with van der Waals surface area (Å²) in [6.45, 7) is 8.08. The van der Waals surface area contributed by atoms with Gasteiger partial charge in [0, 0.05) is 24.4 Å². The molecule has 40 heavy (non-hydrogen) atoms. The van der Waals surface area contributed by atoms with Gasteiger partial charge in [-0.25, -0.2) is 4.79 Å². The number of rotatable bonds is 9. The largest absolute Gasteiger partial charge is 0.462 e. The Morgan fingerprint density at radius 3 is 2.60 bits per heavy atom. The topological polar surface area (TPSA) is 111 Å². The van der Waals surface area contributed by atoms with E-state index in [0.29, 0.717) is 37.3 Å². The quantitative estimate of drug-likeness (QED) is 0.287. The van der Waals surface area contributed by atoms with Gasteiger partial charge >= 0.3 is 18.0 Å². The number of carbonyl (C=O) groups is 3. The molecule has 4 rings (SSSR count). The molecule has 0 radical (unpaired) electrons. The number of allylic oxidation sites excluding steroid dienone is 2. The van der Waals surface area contributed by atoms with Gasteiger partial charge in [-0.2, -0.15) is 0 Å². The van der Waals surface area contributed by atoms with Gasteiger partial charge < -0.3 is 19.3 Å². The van der Waals surface area contributed by atoms with Gasteiger partial charge in [-0.1, -0.05) is 44.2 Å². The number of para-hydroxylation sites is 1. The molecule has 0 saturated carbocycles. The molecule has 0 unspecified atom stereocenters. The van der Waals surface area contributed by atoms with Gasteiger partial charge in [-0.15, -0.1) is 0 Å². The van der Waals surface area contributed by atoms with Crippen LogP contribution in [0.25, 0.3) is 0 Å². The van der Waals surface area contributed by atoms with Gasteiger partial charge in [0.1, 0.15) is 18.8 Å². The van der Waals surface area contributed by atoms with E-state index >= 15 is 0 Å². The van der Waals surface area contributed by atoms with E-state index in [1.807, 2.05) is 39.0 Å². The molecule has 1 aromatic rings. The number of carbonyl (C=O) groups excluding carboxylic acids is 3. The van der Waals surface area contributed by atoms with E-state index in [1.165, 1.54) is 0 Å². The normalized spacial score (nSPS) is 28.4. The van der Waals surface area contributed by atoms with Crippen LogP contribution in [-0.4, -0.2) is 48.1 Å². The standard InChI is InChI=1S/C32H43NO7/c1-5-32(3,4)30(36)40-27-16-21(19-38-31(37)33-23-9-7-6-8-10-23)15-22-12-11-20(2)26(29(22)27)14-13-25-17-24(34)18-28(35)39-25/h6-10,12,15,20,24-27,29,34H,5,11,13-14,16-19H2,1-4H3,(H,33,37)/t20-,24+,25+,26-,27-,29-/m0/s1. The van der Waals surface area contributed by atoms with E-state index in [4.69, 9.17) is 14.2 Å². The Morgan fingerprint density at radius 1 is 1.15 bits per heavy atom. The molecule has 218 valence electrons. The number of nitrogens with one attached hydrogen (secondary N) is 1. The highest BCUT2D eigenvalue weighted by atomic mass is 16.6. The molecule has 3 aliphatic rings. The Balaban J connectivity index is 1.50. The van der Waals surface area contributed by atoms with Crippen molar-refractivity contribution in [1.29, 1.82) is 0 Å². The van der Waals surface area contributed by atoms with Crippen molar-refractivity contribution in [2.24, 2.45) is 23.2 Å². The molecular formula is C32H43NO7. The molecule has 0 bridgehead atoms. The fraction of sp³-hybridized carbons (Fsp3) is 0.594. The highest BCUT2D eigenvalue weighted by Crippen LogP contribution is 2.46. The molecule has 0 spiro atoms. The molecule has 1 aliphatic heterocycles. The van der Waals surface area contributed by atoms with Crippen LogP contribution in [0.3, 0.4) is 0 Å². The van der Waals surface area contributed by atoms with E-state index in [9.17, 15) is 19.5 Å². The van der Waals surface area contributed by atoms with Crippen LogP contribution in [-0.2, 0) is 23.8 Å². The Hall–Kier alpha value is -3.13. The van der Waals surface area contributed by atoms with Crippen molar-refractivity contribution in [1.82, 2.24) is 0 Å². The lowest BCUT2D eigenvalue weighted by molar-refractivity contribution is -0.165. The third-order valence-electron chi connectivity index (χ3n) is 8.70. The second-order valence-electron chi connectivity index (χ2n) is 12.1. The summed E-state index contributed by atoms with van der Waals surface area (Å²) in [7, 11) is 0. The van der Waals surface area contributed by atoms with Gasteiger partial charge in [-0.05, 0) is 74.6 Å². The summed E-state index contributed by atoms with van der Waals surface area (Å²) in [5.74, 6) is -0.0334. The van der Waals surface area contributed by atoms with E-state index in [1.54, 1.807) is 12.1 Å². The molecule has 1 saturated heterocycles. The SMILES string of the molecule is CCC(C)(C)C(=O)O[C@H]1CC(COC(=O)Nc2ccccc2)=CC2=CC[C@H](C)[C@H](CC[C@@H]3C[C@@H](O)CC(=O)O3)[C@H]21. The third-order valence-corrected chi connectivity index (χ3v) is 8.70. The maximum atomic E-state index is 13.2. The van der Waals surface area contributed by atoms with Crippen molar-refractivity contribution in [3.63, 3.8) is 0 Å². The first kappa shape index (κ1) is 29.8. The highest BCUT2D eigenvalue weighted by molar-refractivity contribution is 5.84. The molecule has 8 nitrogen and oxygen atoms in total. The number of hydrogen-bond donors (Lipinski definition) is 2. The number of fused-ring (bicyclic) bond motifs is 1. The number of ether oxygens (including phenoxy) is 3. The predicted octanol–water partition coefficient (Wildman–Crippen LogP) is 5.96. The van der Waals surface area contributed by atoms with Gasteiger partial charge in [0.25, 0.3) is 0 Å². The second-order valence-corrected chi connectivity index (χ2v) is 12.1. The lowest BCUT2D eigenvalue weighted by Crippen LogP contribution is -2.43. The number of anilines is 1. The smallest absolute Gasteiger partial charge is 0.411 e. The van der Waals surface area contributed by atoms with E-state index in [0.717, 1.165) is 24.0 Å². The summed E-state index contributed by atoms with van der Waals surface area (Å²) in [6, 6.07) is 9.13. The lowest BCUT2D eigenvalue weighted by atomic mass is 9.65. The average Bonchev–Trinajstić information content (AvgIpc) is 2.91. The van der Waals surface area contributed by atoms with Gasteiger partial charge in [-0.3, -0.25) is 14.9 Å². The minimum Gasteiger partial charge on any atom is -0.462 e. The van der Waals surface area contributed by atoms with Crippen molar-refractivity contribution < 1.29 is 33.7 Å². The van der Waals surface area contributed by atoms with E-state index < -0.39 is 23.7 Å². The van der Waals surface area contributed by atoms with Crippen LogP contribution >= 0.6 is 0 Å². The summed E-state index contributed by atoms with van der Waals surface area (Å²) >= 11 is 0. The maximum Gasteiger partial charge on any atom is 0.411 e. The van der Waals surface area contributed by atoms with Gasteiger partial charge in [0.2, 0.25) is 0 Å². The number of benzene rings is 1. The Morgan fingerprint density at radius 2 is 1.90 bits per heavy atom. The maximum absolute atomic E-state index is 13.2. The number of cyclic esters (lactones) is 1. The second kappa shape index (κ2) is 13.0. The van der Waals surface area contributed by atoms with Gasteiger partial charge in [0.15, 0.2) is 0 Å². The number of hydrogen-bond acceptors (Lipinski definition) is 7. The molecule has 1 heterocycles. The molecule has 8 heteroatoms. The van der Waals surface area contributed by atoms with Gasteiger partial charge in [0.05, 0.1) is 17.9 Å². The summed E-state index contributed by atoms with van der Waals surface area (Å²) in [5.41, 5.74) is 2.04. The lowest BCUT2D eigenvalue weighted by Gasteiger charge is -2.44. The summed E-state index contributed by atoms with van der Waals surface area (Å²) in [4.78, 5) is 37.5.